The average Bonchev–Trinajstić information content (AvgIpc) is 3.14. The van der Waals surface area contributed by atoms with Crippen molar-refractivity contribution >= 4 is 11.8 Å². The van der Waals surface area contributed by atoms with Gasteiger partial charge in [0, 0.05) is 12.3 Å². The Bertz CT molecular complexity index is 773. The van der Waals surface area contributed by atoms with Gasteiger partial charge in [-0.15, -0.1) is 0 Å². The van der Waals surface area contributed by atoms with E-state index in [4.69, 9.17) is 4.74 Å². The molecule has 0 aromatic heterocycles. The molecule has 12 atom stereocenters. The zero-order chi connectivity index (χ0) is 24.3. The van der Waals surface area contributed by atoms with Crippen LogP contribution >= 0.6 is 0 Å². The minimum Gasteiger partial charge on any atom is -0.469 e. The molecule has 4 rings (SSSR count). The number of rotatable bonds is 5. The molecule has 4 aliphatic carbocycles. The number of hydrogen-bond donors (Lipinski definition) is 1. The van der Waals surface area contributed by atoms with Gasteiger partial charge < -0.3 is 9.84 Å². The molecule has 0 heterocycles. The summed E-state index contributed by atoms with van der Waals surface area (Å²) in [5.74, 6) is -0.820. The van der Waals surface area contributed by atoms with E-state index in [0.717, 1.165) is 32.1 Å². The predicted molar refractivity (Wildman–Crippen MR) is 122 cm³/mol. The summed E-state index contributed by atoms with van der Waals surface area (Å²) < 4.78 is 34.9. The van der Waals surface area contributed by atoms with Crippen molar-refractivity contribution in [1.82, 2.24) is 0 Å². The van der Waals surface area contributed by atoms with Gasteiger partial charge in [-0.3, -0.25) is 9.59 Å². The van der Waals surface area contributed by atoms with Crippen molar-refractivity contribution in [2.45, 2.75) is 97.5 Å². The van der Waals surface area contributed by atoms with E-state index in [2.05, 4.69) is 13.8 Å². The average molecular weight is 469 g/mol. The van der Waals surface area contributed by atoms with Crippen molar-refractivity contribution in [2.24, 2.45) is 52.3 Å². The number of methoxy groups -OCH3 is 1. The van der Waals surface area contributed by atoms with Crippen molar-refractivity contribution in [3.63, 3.8) is 0 Å². The molecule has 4 aliphatic rings. The van der Waals surface area contributed by atoms with E-state index in [1.165, 1.54) is 7.11 Å². The fourth-order valence-electron chi connectivity index (χ4n) is 9.47. The van der Waals surface area contributed by atoms with Crippen molar-refractivity contribution in [3.05, 3.63) is 0 Å². The Morgan fingerprint density at radius 2 is 1.85 bits per heavy atom. The first-order chi connectivity index (χ1) is 15.5. The SMILES string of the molecule is CC[C@H]1C(O)C2C3CCC([C@H](C)CCC(=O)OC)[C@@]3(C)CCC2[C@@]2(C)CC(F)C(=O)[C@H](F)[C@@H]12. The number of esters is 1. The number of halogens is 2. The molecule has 1 N–H and O–H groups in total. The third kappa shape index (κ3) is 3.68. The number of aliphatic hydroxyl groups excluding tert-OH is 1. The van der Waals surface area contributed by atoms with Gasteiger partial charge in [-0.2, -0.15) is 0 Å². The van der Waals surface area contributed by atoms with Crippen LogP contribution in [0, 0.1) is 52.3 Å². The van der Waals surface area contributed by atoms with Crippen LogP contribution in [0.15, 0.2) is 0 Å². The second-order valence-electron chi connectivity index (χ2n) is 12.2. The quantitative estimate of drug-likeness (QED) is 0.556. The normalized spacial score (nSPS) is 50.2. The number of fused-ring (bicyclic) bond motifs is 5. The molecule has 4 nitrogen and oxygen atoms in total. The molecule has 0 aromatic carbocycles. The zero-order valence-corrected chi connectivity index (χ0v) is 20.9. The molecule has 188 valence electrons. The Kier molecular flexibility index (Phi) is 6.74. The molecule has 6 unspecified atom stereocenters. The molecule has 4 saturated carbocycles. The second kappa shape index (κ2) is 8.87. The van der Waals surface area contributed by atoms with Gasteiger partial charge in [-0.25, -0.2) is 8.78 Å². The summed E-state index contributed by atoms with van der Waals surface area (Å²) in [6.45, 7) is 8.54. The van der Waals surface area contributed by atoms with Gasteiger partial charge in [0.1, 0.15) is 0 Å². The third-order valence-electron chi connectivity index (χ3n) is 11.0. The minimum atomic E-state index is -1.82. The molecule has 0 aromatic rings. The third-order valence-corrected chi connectivity index (χ3v) is 11.0. The Balaban J connectivity index is 1.63. The molecule has 4 fully saturated rings. The largest absolute Gasteiger partial charge is 0.469 e. The van der Waals surface area contributed by atoms with Gasteiger partial charge in [0.2, 0.25) is 5.78 Å². The summed E-state index contributed by atoms with van der Waals surface area (Å²) >= 11 is 0. The number of Topliss-reactive ketones (excluding diaryl/α,β-unsaturated/α-hetero) is 1. The van der Waals surface area contributed by atoms with E-state index in [-0.39, 0.29) is 35.6 Å². The highest BCUT2D eigenvalue weighted by Crippen LogP contribution is 2.69. The molecular formula is C27H42F2O4. The fraction of sp³-hybridized carbons (Fsp3) is 0.926. The molecule has 0 amide bonds. The number of ether oxygens (including phenoxy) is 1. The van der Waals surface area contributed by atoms with Gasteiger partial charge in [-0.05, 0) is 84.9 Å². The summed E-state index contributed by atoms with van der Waals surface area (Å²) in [6.07, 6.45) is 1.57. The van der Waals surface area contributed by atoms with E-state index in [9.17, 15) is 19.1 Å². The van der Waals surface area contributed by atoms with Crippen LogP contribution in [0.1, 0.15) is 79.1 Å². The molecular weight excluding hydrogens is 426 g/mol. The number of ketones is 1. The fourth-order valence-corrected chi connectivity index (χ4v) is 9.47. The maximum absolute atomic E-state index is 15.3. The topological polar surface area (TPSA) is 63.6 Å². The number of carbonyl (C=O) groups excluding carboxylic acids is 2. The maximum Gasteiger partial charge on any atom is 0.305 e. The number of aliphatic hydroxyl groups is 1. The summed E-state index contributed by atoms with van der Waals surface area (Å²) in [5, 5.41) is 11.6. The van der Waals surface area contributed by atoms with E-state index < -0.39 is 35.6 Å². The number of carbonyl (C=O) groups is 2. The smallest absolute Gasteiger partial charge is 0.305 e. The highest BCUT2D eigenvalue weighted by atomic mass is 19.1. The predicted octanol–water partition coefficient (Wildman–Crippen LogP) is 5.31. The van der Waals surface area contributed by atoms with Gasteiger partial charge in [0.25, 0.3) is 0 Å². The summed E-state index contributed by atoms with van der Waals surface area (Å²) in [5.41, 5.74) is -0.554. The Morgan fingerprint density at radius 1 is 1.18 bits per heavy atom. The van der Waals surface area contributed by atoms with E-state index >= 15 is 4.39 Å². The number of alkyl halides is 2. The maximum atomic E-state index is 15.3. The van der Waals surface area contributed by atoms with Crippen molar-refractivity contribution in [3.8, 4) is 0 Å². The van der Waals surface area contributed by atoms with Gasteiger partial charge in [0.05, 0.1) is 13.2 Å². The number of hydrogen-bond acceptors (Lipinski definition) is 4. The Labute approximate surface area is 197 Å². The van der Waals surface area contributed by atoms with Crippen LogP contribution in [0.25, 0.3) is 0 Å². The van der Waals surface area contributed by atoms with Crippen LogP contribution in [0.5, 0.6) is 0 Å². The van der Waals surface area contributed by atoms with Crippen LogP contribution in [0.2, 0.25) is 0 Å². The molecule has 6 heteroatoms. The van der Waals surface area contributed by atoms with Gasteiger partial charge in [-0.1, -0.05) is 34.1 Å². The summed E-state index contributed by atoms with van der Waals surface area (Å²) in [6, 6.07) is 0. The highest BCUT2D eigenvalue weighted by Gasteiger charge is 2.68. The lowest BCUT2D eigenvalue weighted by Gasteiger charge is -2.64. The van der Waals surface area contributed by atoms with Crippen LogP contribution in [0.3, 0.4) is 0 Å². The Hall–Kier alpha value is -1.04. The van der Waals surface area contributed by atoms with E-state index in [0.29, 0.717) is 30.6 Å². The summed E-state index contributed by atoms with van der Waals surface area (Å²) in [7, 11) is 1.42. The first-order valence-corrected chi connectivity index (χ1v) is 13.1. The van der Waals surface area contributed by atoms with Gasteiger partial charge >= 0.3 is 5.97 Å². The van der Waals surface area contributed by atoms with Crippen LogP contribution in [-0.4, -0.2) is 42.4 Å². The lowest BCUT2D eigenvalue weighted by molar-refractivity contribution is -0.213. The second-order valence-corrected chi connectivity index (χ2v) is 12.2. The van der Waals surface area contributed by atoms with Crippen molar-refractivity contribution in [1.29, 1.82) is 0 Å². The van der Waals surface area contributed by atoms with Crippen LogP contribution in [0.4, 0.5) is 8.78 Å². The van der Waals surface area contributed by atoms with Gasteiger partial charge in [0.15, 0.2) is 12.3 Å². The molecule has 0 radical (unpaired) electrons. The van der Waals surface area contributed by atoms with E-state index in [1.54, 1.807) is 0 Å². The summed E-state index contributed by atoms with van der Waals surface area (Å²) in [4.78, 5) is 24.0. The zero-order valence-electron chi connectivity index (χ0n) is 20.9. The first-order valence-electron chi connectivity index (χ1n) is 13.1. The monoisotopic (exact) mass is 468 g/mol. The molecule has 0 bridgehead atoms. The Morgan fingerprint density at radius 3 is 2.48 bits per heavy atom. The standard InChI is InChI=1S/C27H42F2O4/c1-6-15-22-23(29)25(32)19(28)13-27(22,4)18-11-12-26(3)16(14(2)7-10-20(30)33-5)8-9-17(26)21(18)24(15)31/h14-19,21-24,31H,6-13H2,1-5H3/t14-,15-,16?,17?,18?,19?,21?,22-,23-,24?,26-,27-/m1/s1. The molecule has 0 spiro atoms. The van der Waals surface area contributed by atoms with Crippen LogP contribution in [-0.2, 0) is 14.3 Å². The molecule has 33 heavy (non-hydrogen) atoms. The lowest BCUT2D eigenvalue weighted by Crippen LogP contribution is -2.66. The van der Waals surface area contributed by atoms with E-state index in [1.807, 2.05) is 13.8 Å². The highest BCUT2D eigenvalue weighted by molar-refractivity contribution is 5.88. The lowest BCUT2D eigenvalue weighted by atomic mass is 9.41. The van der Waals surface area contributed by atoms with Crippen molar-refractivity contribution < 1.29 is 28.2 Å². The minimum absolute atomic E-state index is 0.0142. The van der Waals surface area contributed by atoms with Crippen LogP contribution < -0.4 is 0 Å². The first kappa shape index (κ1) is 25.1. The molecule has 0 aliphatic heterocycles. The molecule has 0 saturated heterocycles. The van der Waals surface area contributed by atoms with Crippen molar-refractivity contribution in [2.75, 3.05) is 7.11 Å².